The van der Waals surface area contributed by atoms with Crippen LogP contribution in [-0.4, -0.2) is 64.0 Å². The lowest BCUT2D eigenvalue weighted by molar-refractivity contribution is 0.0662. The first-order valence-electron chi connectivity index (χ1n) is 12.8. The van der Waals surface area contributed by atoms with Gasteiger partial charge in [-0.1, -0.05) is 0 Å². The normalized spacial score (nSPS) is 23.5. The number of rotatable bonds is 6. The highest BCUT2D eigenvalue weighted by Crippen LogP contribution is 2.41. The molecule has 0 aromatic carbocycles. The maximum Gasteiger partial charge on any atom is 0.230 e. The molecule has 0 amide bonds. The lowest BCUT2D eigenvalue weighted by atomic mass is 9.90. The van der Waals surface area contributed by atoms with Crippen molar-refractivity contribution in [2.45, 2.75) is 75.9 Å². The zero-order valence-electron chi connectivity index (χ0n) is 20.2. The van der Waals surface area contributed by atoms with E-state index in [1.807, 2.05) is 17.5 Å². The average molecular weight is 482 g/mol. The molecule has 182 valence electrons. The zero-order chi connectivity index (χ0) is 23.1. The summed E-state index contributed by atoms with van der Waals surface area (Å²) >= 11 is 1.85. The Balaban J connectivity index is 1.25. The van der Waals surface area contributed by atoms with Crippen LogP contribution in [0.1, 0.15) is 61.4 Å². The first-order chi connectivity index (χ1) is 16.6. The zero-order valence-corrected chi connectivity index (χ0v) is 21.0. The van der Waals surface area contributed by atoms with Crippen LogP contribution in [0.2, 0.25) is 0 Å². The number of fused-ring (bicyclic) bond motifs is 3. The molecule has 1 saturated carbocycles. The highest BCUT2D eigenvalue weighted by atomic mass is 32.1. The minimum Gasteiger partial charge on any atom is -0.381 e. The number of hydrogen-bond acceptors (Lipinski definition) is 8. The topological polar surface area (TPSA) is 80.1 Å². The van der Waals surface area contributed by atoms with Crippen molar-refractivity contribution in [3.05, 3.63) is 22.8 Å². The predicted octanol–water partition coefficient (Wildman–Crippen LogP) is 4.76. The van der Waals surface area contributed by atoms with E-state index in [0.717, 1.165) is 48.8 Å². The Kier molecular flexibility index (Phi) is 6.17. The van der Waals surface area contributed by atoms with Crippen molar-refractivity contribution in [2.24, 2.45) is 0 Å². The van der Waals surface area contributed by atoms with Crippen molar-refractivity contribution >= 4 is 39.0 Å². The van der Waals surface area contributed by atoms with Crippen molar-refractivity contribution in [1.82, 2.24) is 24.6 Å². The molecule has 1 aliphatic heterocycles. The molecule has 0 radical (unpaired) electrons. The van der Waals surface area contributed by atoms with Crippen LogP contribution in [0.4, 0.5) is 17.5 Å². The van der Waals surface area contributed by atoms with Gasteiger partial charge in [0.25, 0.3) is 0 Å². The second-order valence-electron chi connectivity index (χ2n) is 10.2. The van der Waals surface area contributed by atoms with Crippen molar-refractivity contribution in [2.75, 3.05) is 37.9 Å². The van der Waals surface area contributed by atoms with Gasteiger partial charge in [0.1, 0.15) is 10.6 Å². The molecule has 2 N–H and O–H groups in total. The number of anilines is 3. The van der Waals surface area contributed by atoms with Crippen molar-refractivity contribution in [3.63, 3.8) is 0 Å². The van der Waals surface area contributed by atoms with E-state index in [0.29, 0.717) is 24.1 Å². The molecule has 2 aliphatic carbocycles. The van der Waals surface area contributed by atoms with Crippen LogP contribution >= 0.6 is 11.3 Å². The van der Waals surface area contributed by atoms with Crippen LogP contribution in [0, 0.1) is 0 Å². The molecule has 0 bridgehead atoms. The molecule has 0 unspecified atom stereocenters. The van der Waals surface area contributed by atoms with Crippen LogP contribution in [0.5, 0.6) is 0 Å². The monoisotopic (exact) mass is 481 g/mol. The van der Waals surface area contributed by atoms with E-state index in [1.54, 1.807) is 0 Å². The first kappa shape index (κ1) is 22.2. The molecule has 4 heterocycles. The largest absolute Gasteiger partial charge is 0.381 e. The minimum atomic E-state index is 0.405. The summed E-state index contributed by atoms with van der Waals surface area (Å²) in [6.07, 6.45) is 14.4. The van der Waals surface area contributed by atoms with Gasteiger partial charge in [0.05, 0.1) is 23.3 Å². The number of ether oxygens (including phenoxy) is 1. The van der Waals surface area contributed by atoms with Gasteiger partial charge in [-0.05, 0) is 77.4 Å². The SMILES string of the molecule is CN(C)[C@H]1CC[C@H](Nc2nc(Nc3cnn(C4CCOCC4)c3)nc3sc4c(c23)CCC4)CC1. The maximum atomic E-state index is 5.50. The summed E-state index contributed by atoms with van der Waals surface area (Å²) in [5.74, 6) is 1.67. The van der Waals surface area contributed by atoms with E-state index < -0.39 is 0 Å². The third-order valence-electron chi connectivity index (χ3n) is 7.76. The summed E-state index contributed by atoms with van der Waals surface area (Å²) in [5, 5.41) is 13.1. The Labute approximate surface area is 205 Å². The van der Waals surface area contributed by atoms with Crippen LogP contribution in [-0.2, 0) is 17.6 Å². The molecule has 3 aromatic rings. The molecular formula is C25H35N7OS. The van der Waals surface area contributed by atoms with Gasteiger partial charge in [-0.2, -0.15) is 10.1 Å². The molecule has 3 aliphatic rings. The van der Waals surface area contributed by atoms with Gasteiger partial charge < -0.3 is 20.3 Å². The molecule has 3 aromatic heterocycles. The second kappa shape index (κ2) is 9.43. The number of nitrogens with zero attached hydrogens (tertiary/aromatic N) is 5. The van der Waals surface area contributed by atoms with Gasteiger partial charge >= 0.3 is 0 Å². The van der Waals surface area contributed by atoms with Crippen LogP contribution in [0.15, 0.2) is 12.4 Å². The van der Waals surface area contributed by atoms with E-state index in [4.69, 9.17) is 14.7 Å². The van der Waals surface area contributed by atoms with E-state index in [1.165, 1.54) is 54.4 Å². The Bertz CT molecular complexity index is 1140. The van der Waals surface area contributed by atoms with E-state index in [2.05, 4.69) is 45.6 Å². The lowest BCUT2D eigenvalue weighted by Gasteiger charge is -2.33. The smallest absolute Gasteiger partial charge is 0.230 e. The lowest BCUT2D eigenvalue weighted by Crippen LogP contribution is -2.36. The maximum absolute atomic E-state index is 5.50. The van der Waals surface area contributed by atoms with Crippen molar-refractivity contribution in [1.29, 1.82) is 0 Å². The molecule has 0 spiro atoms. The van der Waals surface area contributed by atoms with Crippen LogP contribution in [0.25, 0.3) is 10.2 Å². The van der Waals surface area contributed by atoms with E-state index in [9.17, 15) is 0 Å². The van der Waals surface area contributed by atoms with Gasteiger partial charge in [0, 0.05) is 36.4 Å². The molecule has 34 heavy (non-hydrogen) atoms. The fraction of sp³-hybridized carbons (Fsp3) is 0.640. The summed E-state index contributed by atoms with van der Waals surface area (Å²) in [6.45, 7) is 1.61. The molecule has 1 saturated heterocycles. The molecule has 9 heteroatoms. The second-order valence-corrected chi connectivity index (χ2v) is 11.3. The number of aryl methyl sites for hydroxylation is 2. The Morgan fingerprint density at radius 1 is 1.06 bits per heavy atom. The third kappa shape index (κ3) is 4.41. The van der Waals surface area contributed by atoms with Gasteiger partial charge in [-0.3, -0.25) is 4.68 Å². The predicted molar refractivity (Wildman–Crippen MR) is 137 cm³/mol. The molecule has 8 nitrogen and oxygen atoms in total. The van der Waals surface area contributed by atoms with Gasteiger partial charge in [-0.15, -0.1) is 11.3 Å². The number of aromatic nitrogens is 4. The highest BCUT2D eigenvalue weighted by molar-refractivity contribution is 7.19. The third-order valence-corrected chi connectivity index (χ3v) is 8.94. The number of thiophene rings is 1. The summed E-state index contributed by atoms with van der Waals surface area (Å²) in [4.78, 5) is 14.9. The molecule has 0 atom stereocenters. The Morgan fingerprint density at radius 3 is 2.68 bits per heavy atom. The quantitative estimate of drug-likeness (QED) is 0.526. The Hall–Kier alpha value is -2.23. The summed E-state index contributed by atoms with van der Waals surface area (Å²) < 4.78 is 7.56. The number of hydrogen-bond donors (Lipinski definition) is 2. The fourth-order valence-corrected chi connectivity index (χ4v) is 7.03. The summed E-state index contributed by atoms with van der Waals surface area (Å²) in [6, 6.07) is 1.57. The Morgan fingerprint density at radius 2 is 1.88 bits per heavy atom. The highest BCUT2D eigenvalue weighted by Gasteiger charge is 2.26. The van der Waals surface area contributed by atoms with Crippen LogP contribution in [0.3, 0.4) is 0 Å². The summed E-state index contributed by atoms with van der Waals surface area (Å²) in [5.41, 5.74) is 2.41. The first-order valence-corrected chi connectivity index (χ1v) is 13.6. The van der Waals surface area contributed by atoms with Crippen LogP contribution < -0.4 is 10.6 Å². The van der Waals surface area contributed by atoms with Gasteiger partial charge in [-0.25, -0.2) is 4.98 Å². The van der Waals surface area contributed by atoms with Crippen molar-refractivity contribution in [3.8, 4) is 0 Å². The standard InChI is InChI=1S/C25H35N7OS/c1-31(2)18-8-6-16(7-9-18)27-23-22-20-4-3-5-21(20)34-24(22)30-25(29-23)28-17-14-26-32(15-17)19-10-12-33-13-11-19/h14-16,18-19H,3-13H2,1-2H3,(H2,27,28,29,30)/t16-,18-. The molecular weight excluding hydrogens is 446 g/mol. The van der Waals surface area contributed by atoms with Crippen molar-refractivity contribution < 1.29 is 4.74 Å². The summed E-state index contributed by atoms with van der Waals surface area (Å²) in [7, 11) is 4.40. The number of nitrogens with one attached hydrogen (secondary N) is 2. The van der Waals surface area contributed by atoms with E-state index in [-0.39, 0.29) is 0 Å². The fourth-order valence-electron chi connectivity index (χ4n) is 5.77. The van der Waals surface area contributed by atoms with Gasteiger partial charge in [0.15, 0.2) is 0 Å². The molecule has 2 fully saturated rings. The van der Waals surface area contributed by atoms with E-state index >= 15 is 0 Å². The van der Waals surface area contributed by atoms with Gasteiger partial charge in [0.2, 0.25) is 5.95 Å². The average Bonchev–Trinajstić information content (AvgIpc) is 3.56. The minimum absolute atomic E-state index is 0.405. The molecule has 6 rings (SSSR count).